The average Bonchev–Trinajstić information content (AvgIpc) is 3.26. The first-order valence-electron chi connectivity index (χ1n) is 14.4. The highest BCUT2D eigenvalue weighted by atomic mass is 35.5. The van der Waals surface area contributed by atoms with Crippen LogP contribution < -0.4 is 15.4 Å². The number of aromatic nitrogens is 2. The number of rotatable bonds is 6. The number of hydrogen-bond donors (Lipinski definition) is 2. The molecule has 0 aliphatic carbocycles. The lowest BCUT2D eigenvalue weighted by Crippen LogP contribution is -2.43. The van der Waals surface area contributed by atoms with Crippen LogP contribution in [-0.4, -0.2) is 70.1 Å². The van der Waals surface area contributed by atoms with Gasteiger partial charge in [0.15, 0.2) is 12.0 Å². The maximum Gasteiger partial charge on any atom is 0.319 e. The van der Waals surface area contributed by atoms with Gasteiger partial charge in [0.05, 0.1) is 10.6 Å². The minimum atomic E-state index is -0.588. The van der Waals surface area contributed by atoms with E-state index in [0.29, 0.717) is 29.9 Å². The van der Waals surface area contributed by atoms with Crippen molar-refractivity contribution in [2.45, 2.75) is 56.0 Å². The number of aromatic hydroxyl groups is 1. The Morgan fingerprint density at radius 2 is 1.93 bits per heavy atom. The second-order valence-corrected chi connectivity index (χ2v) is 12.2. The van der Waals surface area contributed by atoms with E-state index in [1.165, 1.54) is 0 Å². The first-order valence-corrected chi connectivity index (χ1v) is 14.8. The zero-order valence-corrected chi connectivity index (χ0v) is 23.3. The zero-order chi connectivity index (χ0) is 27.9. The van der Waals surface area contributed by atoms with Crippen LogP contribution in [0.2, 0.25) is 5.02 Å². The standard InChI is InChI=1S/C31H31ClFN5O3/c32-23-14-22-27(26(33)25(23)21-13-19(39)11-17-5-1-2-6-20(17)21)35-30(40-16-31-7-3-9-37(31)10-4-8-31)36-28(22)38-18(15-34)12-24-29(38)41-24/h1-2,5-6,11,13-14,18,24,29,39H,3-4,7-10,12,15-16,34H2. The van der Waals surface area contributed by atoms with E-state index in [1.807, 2.05) is 29.2 Å². The Labute approximate surface area is 241 Å². The van der Waals surface area contributed by atoms with Crippen molar-refractivity contribution in [3.63, 3.8) is 0 Å². The van der Waals surface area contributed by atoms with Gasteiger partial charge in [0.1, 0.15) is 29.8 Å². The van der Waals surface area contributed by atoms with Crippen LogP contribution in [0.5, 0.6) is 11.8 Å². The van der Waals surface area contributed by atoms with Crippen LogP contribution >= 0.6 is 11.6 Å². The van der Waals surface area contributed by atoms with E-state index in [-0.39, 0.29) is 51.8 Å². The Kier molecular flexibility index (Phi) is 5.83. The predicted molar refractivity (Wildman–Crippen MR) is 156 cm³/mol. The first kappa shape index (κ1) is 25.5. The lowest BCUT2D eigenvalue weighted by atomic mass is 9.95. The Balaban J connectivity index is 1.30. The maximum atomic E-state index is 16.8. The summed E-state index contributed by atoms with van der Waals surface area (Å²) in [5, 5.41) is 12.7. The number of ether oxygens (including phenoxy) is 2. The number of fused-ring (bicyclic) bond motifs is 4. The van der Waals surface area contributed by atoms with Gasteiger partial charge >= 0.3 is 6.01 Å². The number of phenols is 1. The number of phenolic OH excluding ortho intramolecular Hbond substituents is 1. The van der Waals surface area contributed by atoms with Crippen LogP contribution in [0.4, 0.5) is 10.2 Å². The molecule has 8 nitrogen and oxygen atoms in total. The quantitative estimate of drug-likeness (QED) is 0.302. The molecule has 3 unspecified atom stereocenters. The summed E-state index contributed by atoms with van der Waals surface area (Å²) in [4.78, 5) is 14.0. The Hall–Kier alpha value is -3.24. The molecule has 41 heavy (non-hydrogen) atoms. The Morgan fingerprint density at radius 3 is 2.73 bits per heavy atom. The summed E-state index contributed by atoms with van der Waals surface area (Å²) in [6, 6.07) is 12.6. The van der Waals surface area contributed by atoms with Crippen LogP contribution in [0.25, 0.3) is 32.8 Å². The third-order valence-corrected chi connectivity index (χ3v) is 9.78. The average molecular weight is 576 g/mol. The number of hydrogen-bond acceptors (Lipinski definition) is 8. The lowest BCUT2D eigenvalue weighted by molar-refractivity contribution is 0.108. The highest BCUT2D eigenvalue weighted by Crippen LogP contribution is 2.47. The molecule has 8 rings (SSSR count). The lowest BCUT2D eigenvalue weighted by Gasteiger charge is -2.32. The van der Waals surface area contributed by atoms with Crippen LogP contribution in [0.1, 0.15) is 32.1 Å². The van der Waals surface area contributed by atoms with Crippen molar-refractivity contribution in [2.24, 2.45) is 5.73 Å². The summed E-state index contributed by atoms with van der Waals surface area (Å²) in [7, 11) is 0. The number of anilines is 1. The van der Waals surface area contributed by atoms with E-state index in [9.17, 15) is 5.11 Å². The van der Waals surface area contributed by atoms with Crippen molar-refractivity contribution in [1.29, 1.82) is 0 Å². The molecule has 3 N–H and O–H groups in total. The van der Waals surface area contributed by atoms with Crippen molar-refractivity contribution in [2.75, 3.05) is 31.1 Å². The highest BCUT2D eigenvalue weighted by molar-refractivity contribution is 6.35. The van der Waals surface area contributed by atoms with Gasteiger partial charge in [-0.3, -0.25) is 4.90 Å². The van der Waals surface area contributed by atoms with Gasteiger partial charge in [0.2, 0.25) is 0 Å². The van der Waals surface area contributed by atoms with E-state index in [0.717, 1.165) is 56.0 Å². The van der Waals surface area contributed by atoms with E-state index in [1.54, 1.807) is 18.2 Å². The van der Waals surface area contributed by atoms with Crippen molar-refractivity contribution in [3.8, 4) is 22.9 Å². The topological polar surface area (TPSA) is 100 Å². The number of halogens is 2. The number of nitrogens with zero attached hydrogens (tertiary/aromatic N) is 4. The van der Waals surface area contributed by atoms with Crippen molar-refractivity contribution >= 4 is 39.1 Å². The summed E-state index contributed by atoms with van der Waals surface area (Å²) in [6.07, 6.45) is 5.15. The third-order valence-electron chi connectivity index (χ3n) is 9.48. The summed E-state index contributed by atoms with van der Waals surface area (Å²) in [5.41, 5.74) is 6.92. The molecular formula is C31H31ClFN5O3. The fourth-order valence-corrected chi connectivity index (χ4v) is 7.77. The van der Waals surface area contributed by atoms with Gasteiger partial charge in [-0.2, -0.15) is 9.97 Å². The minimum absolute atomic E-state index is 0.0000215. The smallest absolute Gasteiger partial charge is 0.319 e. The maximum absolute atomic E-state index is 16.8. The van der Waals surface area contributed by atoms with Gasteiger partial charge < -0.3 is 25.2 Å². The highest BCUT2D eigenvalue weighted by Gasteiger charge is 2.55. The van der Waals surface area contributed by atoms with E-state index >= 15 is 4.39 Å². The predicted octanol–water partition coefficient (Wildman–Crippen LogP) is 5.22. The van der Waals surface area contributed by atoms with Crippen molar-refractivity contribution in [1.82, 2.24) is 14.9 Å². The summed E-state index contributed by atoms with van der Waals surface area (Å²) in [6.45, 7) is 3.03. The second-order valence-electron chi connectivity index (χ2n) is 11.8. The SMILES string of the molecule is NCC1CC2OC2N1c1nc(OCC23CCCN2CCC3)nc2c(F)c(-c3cc(O)cc4ccccc34)c(Cl)cc12. The van der Waals surface area contributed by atoms with Gasteiger partial charge in [0.25, 0.3) is 0 Å². The van der Waals surface area contributed by atoms with Crippen LogP contribution in [0.15, 0.2) is 42.5 Å². The van der Waals surface area contributed by atoms with Gasteiger partial charge in [-0.1, -0.05) is 35.9 Å². The molecule has 10 heteroatoms. The molecular weight excluding hydrogens is 545 g/mol. The van der Waals surface area contributed by atoms with Gasteiger partial charge in [-0.25, -0.2) is 4.39 Å². The molecule has 0 spiro atoms. The van der Waals surface area contributed by atoms with Gasteiger partial charge in [-0.05, 0) is 79.7 Å². The van der Waals surface area contributed by atoms with Gasteiger partial charge in [-0.15, -0.1) is 0 Å². The monoisotopic (exact) mass is 575 g/mol. The molecule has 0 radical (unpaired) electrons. The second kappa shape index (κ2) is 9.39. The van der Waals surface area contributed by atoms with Crippen LogP contribution in [0.3, 0.4) is 0 Å². The Morgan fingerprint density at radius 1 is 1.12 bits per heavy atom. The molecule has 212 valence electrons. The summed E-state index contributed by atoms with van der Waals surface area (Å²) >= 11 is 6.85. The molecule has 4 aromatic rings. The summed E-state index contributed by atoms with van der Waals surface area (Å²) < 4.78 is 29.0. The largest absolute Gasteiger partial charge is 0.508 e. The normalized spacial score (nSPS) is 24.8. The molecule has 5 heterocycles. The summed E-state index contributed by atoms with van der Waals surface area (Å²) in [5.74, 6) is -0.0424. The molecule has 4 fully saturated rings. The molecule has 0 bridgehead atoms. The van der Waals surface area contributed by atoms with E-state index in [2.05, 4.69) is 9.88 Å². The molecule has 4 aliphatic heterocycles. The fourth-order valence-electron chi connectivity index (χ4n) is 7.47. The van der Waals surface area contributed by atoms with E-state index in [4.69, 9.17) is 31.8 Å². The molecule has 1 aromatic heterocycles. The fraction of sp³-hybridized carbons (Fsp3) is 0.419. The van der Waals surface area contributed by atoms with Crippen LogP contribution in [-0.2, 0) is 4.74 Å². The third kappa shape index (κ3) is 3.97. The first-order chi connectivity index (χ1) is 20.0. The Bertz CT molecular complexity index is 1690. The minimum Gasteiger partial charge on any atom is -0.508 e. The molecule has 4 aliphatic rings. The molecule has 3 atom stereocenters. The van der Waals surface area contributed by atoms with Crippen LogP contribution in [0, 0.1) is 5.82 Å². The molecule has 0 amide bonds. The van der Waals surface area contributed by atoms with Gasteiger partial charge in [0, 0.05) is 23.5 Å². The van der Waals surface area contributed by atoms with Crippen molar-refractivity contribution < 1.29 is 19.0 Å². The van der Waals surface area contributed by atoms with Crippen molar-refractivity contribution in [3.05, 3.63) is 53.3 Å². The molecule has 4 saturated heterocycles. The zero-order valence-electron chi connectivity index (χ0n) is 22.5. The molecule has 0 saturated carbocycles. The number of benzene rings is 3. The number of epoxide rings is 1. The molecule has 3 aromatic carbocycles. The van der Waals surface area contributed by atoms with E-state index < -0.39 is 5.82 Å². The number of nitrogens with two attached hydrogens (primary N) is 1.